The third kappa shape index (κ3) is 3.55. The van der Waals surface area contributed by atoms with Gasteiger partial charge in [0.05, 0.1) is 20.3 Å². The summed E-state index contributed by atoms with van der Waals surface area (Å²) in [4.78, 5) is 13.5. The predicted octanol–water partition coefficient (Wildman–Crippen LogP) is 3.65. The number of amides is 1. The molecule has 1 amide bonds. The Hall–Kier alpha value is -2.01. The van der Waals surface area contributed by atoms with Crippen LogP contribution in [0.15, 0.2) is 35.7 Å². The highest BCUT2D eigenvalue weighted by atomic mass is 32.1. The summed E-state index contributed by atoms with van der Waals surface area (Å²) in [5, 5.41) is 5.06. The summed E-state index contributed by atoms with van der Waals surface area (Å²) < 4.78 is 10.4. The van der Waals surface area contributed by atoms with Crippen LogP contribution in [-0.2, 0) is 0 Å². The average Bonchev–Trinajstić information content (AvgIpc) is 3.05. The van der Waals surface area contributed by atoms with E-state index in [0.717, 1.165) is 11.3 Å². The van der Waals surface area contributed by atoms with Crippen molar-refractivity contribution in [1.82, 2.24) is 5.32 Å². The number of nitrogens with one attached hydrogen (secondary N) is 1. The highest BCUT2D eigenvalue weighted by Gasteiger charge is 2.16. The van der Waals surface area contributed by atoms with E-state index in [2.05, 4.69) is 12.2 Å². The second kappa shape index (κ2) is 7.13. The van der Waals surface area contributed by atoms with E-state index in [1.54, 1.807) is 43.8 Å². The number of hydrogen-bond donors (Lipinski definition) is 1. The summed E-state index contributed by atoms with van der Waals surface area (Å²) in [5.41, 5.74) is 0.558. The lowest BCUT2D eigenvalue weighted by Crippen LogP contribution is -2.27. The lowest BCUT2D eigenvalue weighted by molar-refractivity contribution is 0.0936. The van der Waals surface area contributed by atoms with Crippen molar-refractivity contribution >= 4 is 17.2 Å². The first-order valence-electron chi connectivity index (χ1n) is 6.75. The van der Waals surface area contributed by atoms with Gasteiger partial charge in [-0.25, -0.2) is 0 Å². The minimum absolute atomic E-state index is 0.0330. The van der Waals surface area contributed by atoms with Crippen LogP contribution in [0.5, 0.6) is 11.5 Å². The molecule has 0 fully saturated rings. The van der Waals surface area contributed by atoms with Gasteiger partial charge in [0.15, 0.2) is 11.5 Å². The van der Waals surface area contributed by atoms with Gasteiger partial charge in [-0.2, -0.15) is 0 Å². The number of thiophene rings is 1. The average molecular weight is 305 g/mol. The molecule has 2 aromatic rings. The van der Waals surface area contributed by atoms with Gasteiger partial charge in [0, 0.05) is 10.4 Å². The number of rotatable bonds is 6. The quantitative estimate of drug-likeness (QED) is 0.886. The summed E-state index contributed by atoms with van der Waals surface area (Å²) in [7, 11) is 3.13. The van der Waals surface area contributed by atoms with Crippen LogP contribution in [0.25, 0.3) is 0 Å². The topological polar surface area (TPSA) is 47.6 Å². The van der Waals surface area contributed by atoms with Crippen molar-refractivity contribution in [3.8, 4) is 11.5 Å². The van der Waals surface area contributed by atoms with E-state index < -0.39 is 0 Å². The van der Waals surface area contributed by atoms with Crippen molar-refractivity contribution < 1.29 is 14.3 Å². The van der Waals surface area contributed by atoms with Crippen LogP contribution in [0, 0.1) is 0 Å². The van der Waals surface area contributed by atoms with Crippen LogP contribution >= 0.6 is 11.3 Å². The molecule has 112 valence electrons. The molecule has 1 aromatic carbocycles. The summed E-state index contributed by atoms with van der Waals surface area (Å²) >= 11 is 1.65. The molecule has 1 heterocycles. The Balaban J connectivity index is 2.16. The second-order valence-corrected chi connectivity index (χ2v) is 5.50. The molecule has 4 nitrogen and oxygen atoms in total. The monoisotopic (exact) mass is 305 g/mol. The molecule has 1 atom stereocenters. The number of benzene rings is 1. The highest BCUT2D eigenvalue weighted by molar-refractivity contribution is 7.10. The Labute approximate surface area is 128 Å². The van der Waals surface area contributed by atoms with Gasteiger partial charge in [-0.3, -0.25) is 4.79 Å². The van der Waals surface area contributed by atoms with Crippen molar-refractivity contribution in [1.29, 1.82) is 0 Å². The zero-order valence-corrected chi connectivity index (χ0v) is 13.2. The Morgan fingerprint density at radius 3 is 2.57 bits per heavy atom. The van der Waals surface area contributed by atoms with E-state index in [9.17, 15) is 4.79 Å². The Morgan fingerprint density at radius 2 is 2.00 bits per heavy atom. The highest BCUT2D eigenvalue weighted by Crippen LogP contribution is 2.28. The van der Waals surface area contributed by atoms with Crippen LogP contribution in [0.3, 0.4) is 0 Å². The van der Waals surface area contributed by atoms with Crippen molar-refractivity contribution in [3.63, 3.8) is 0 Å². The Kier molecular flexibility index (Phi) is 5.22. The van der Waals surface area contributed by atoms with E-state index in [-0.39, 0.29) is 11.9 Å². The van der Waals surface area contributed by atoms with E-state index in [1.165, 1.54) is 0 Å². The number of carbonyl (C=O) groups excluding carboxylic acids is 1. The van der Waals surface area contributed by atoms with Gasteiger partial charge in [0.2, 0.25) is 0 Å². The van der Waals surface area contributed by atoms with Gasteiger partial charge < -0.3 is 14.8 Å². The van der Waals surface area contributed by atoms with Gasteiger partial charge in [-0.1, -0.05) is 13.0 Å². The number of methoxy groups -OCH3 is 2. The maximum Gasteiger partial charge on any atom is 0.251 e. The number of ether oxygens (including phenoxy) is 2. The number of carbonyl (C=O) groups is 1. The molecule has 21 heavy (non-hydrogen) atoms. The van der Waals surface area contributed by atoms with E-state index in [4.69, 9.17) is 9.47 Å². The smallest absolute Gasteiger partial charge is 0.251 e. The molecular formula is C16H19NO3S. The molecule has 0 aliphatic heterocycles. The zero-order chi connectivity index (χ0) is 15.2. The Morgan fingerprint density at radius 1 is 1.24 bits per heavy atom. The van der Waals surface area contributed by atoms with Crippen molar-refractivity contribution in [3.05, 3.63) is 46.2 Å². The molecule has 5 heteroatoms. The van der Waals surface area contributed by atoms with E-state index >= 15 is 0 Å². The van der Waals surface area contributed by atoms with Crippen LogP contribution in [0.4, 0.5) is 0 Å². The summed E-state index contributed by atoms with van der Waals surface area (Å²) in [5.74, 6) is 1.05. The van der Waals surface area contributed by atoms with Gasteiger partial charge in [0.25, 0.3) is 5.91 Å². The first-order chi connectivity index (χ1) is 10.2. The molecule has 2 rings (SSSR count). The van der Waals surface area contributed by atoms with Crippen molar-refractivity contribution in [2.45, 2.75) is 19.4 Å². The minimum Gasteiger partial charge on any atom is -0.493 e. The molecule has 1 aromatic heterocycles. The molecule has 0 bridgehead atoms. The van der Waals surface area contributed by atoms with Gasteiger partial charge in [-0.15, -0.1) is 11.3 Å². The van der Waals surface area contributed by atoms with Gasteiger partial charge in [-0.05, 0) is 36.1 Å². The predicted molar refractivity (Wildman–Crippen MR) is 84.4 cm³/mol. The second-order valence-electron chi connectivity index (χ2n) is 4.52. The molecule has 0 saturated heterocycles. The minimum atomic E-state index is -0.115. The molecule has 0 radical (unpaired) electrons. The van der Waals surface area contributed by atoms with Crippen molar-refractivity contribution in [2.75, 3.05) is 14.2 Å². The maximum absolute atomic E-state index is 12.4. The summed E-state index contributed by atoms with van der Waals surface area (Å²) in [6, 6.07) is 9.22. The van der Waals surface area contributed by atoms with Crippen LogP contribution in [0.1, 0.15) is 34.6 Å². The van der Waals surface area contributed by atoms with E-state index in [0.29, 0.717) is 17.1 Å². The first-order valence-corrected chi connectivity index (χ1v) is 7.63. The third-order valence-corrected chi connectivity index (χ3v) is 4.23. The molecule has 1 N–H and O–H groups in total. The van der Waals surface area contributed by atoms with Gasteiger partial charge >= 0.3 is 0 Å². The number of hydrogen-bond acceptors (Lipinski definition) is 4. The largest absolute Gasteiger partial charge is 0.493 e. The van der Waals surface area contributed by atoms with Crippen LogP contribution in [-0.4, -0.2) is 20.1 Å². The van der Waals surface area contributed by atoms with Gasteiger partial charge in [0.1, 0.15) is 0 Å². The fourth-order valence-electron chi connectivity index (χ4n) is 2.08. The molecule has 0 spiro atoms. The SMILES string of the molecule is CCC(NC(=O)c1ccc(OC)c(OC)c1)c1cccs1. The van der Waals surface area contributed by atoms with Crippen LogP contribution < -0.4 is 14.8 Å². The fourth-order valence-corrected chi connectivity index (χ4v) is 2.94. The van der Waals surface area contributed by atoms with E-state index in [1.807, 2.05) is 17.5 Å². The molecule has 0 saturated carbocycles. The first kappa shape index (κ1) is 15.4. The normalized spacial score (nSPS) is 11.8. The summed E-state index contributed by atoms with van der Waals surface area (Å²) in [6.45, 7) is 2.05. The lowest BCUT2D eigenvalue weighted by Gasteiger charge is -2.16. The maximum atomic E-state index is 12.4. The lowest BCUT2D eigenvalue weighted by atomic mass is 10.1. The fraction of sp³-hybridized carbons (Fsp3) is 0.312. The third-order valence-electron chi connectivity index (χ3n) is 3.25. The zero-order valence-electron chi connectivity index (χ0n) is 12.4. The molecule has 1 unspecified atom stereocenters. The summed E-state index contributed by atoms with van der Waals surface area (Å²) in [6.07, 6.45) is 0.847. The standard InChI is InChI=1S/C16H19NO3S/c1-4-12(15-6-5-9-21-15)17-16(18)11-7-8-13(19-2)14(10-11)20-3/h5-10,12H,4H2,1-3H3,(H,17,18). The van der Waals surface area contributed by atoms with Crippen LogP contribution in [0.2, 0.25) is 0 Å². The molecular weight excluding hydrogens is 286 g/mol. The Bertz CT molecular complexity index is 596. The molecule has 0 aliphatic carbocycles. The van der Waals surface area contributed by atoms with Crippen molar-refractivity contribution in [2.24, 2.45) is 0 Å². The molecule has 0 aliphatic rings.